The summed E-state index contributed by atoms with van der Waals surface area (Å²) in [6, 6.07) is 3.86. The Morgan fingerprint density at radius 1 is 1.38 bits per heavy atom. The van der Waals surface area contributed by atoms with E-state index in [4.69, 9.17) is 5.26 Å². The highest BCUT2D eigenvalue weighted by atomic mass is 15.2. The highest BCUT2D eigenvalue weighted by Gasteiger charge is 2.36. The van der Waals surface area contributed by atoms with E-state index >= 15 is 0 Å². The number of hydrogen-bond acceptors (Lipinski definition) is 5. The molecule has 1 unspecified atom stereocenters. The van der Waals surface area contributed by atoms with Gasteiger partial charge in [0.25, 0.3) is 0 Å². The van der Waals surface area contributed by atoms with Crippen LogP contribution >= 0.6 is 0 Å². The van der Waals surface area contributed by atoms with Crippen LogP contribution in [0, 0.1) is 23.2 Å². The van der Waals surface area contributed by atoms with Crippen molar-refractivity contribution in [3.05, 3.63) is 18.1 Å². The fourth-order valence-electron chi connectivity index (χ4n) is 2.62. The van der Waals surface area contributed by atoms with Crippen molar-refractivity contribution < 1.29 is 0 Å². The molecule has 1 aromatic heterocycles. The van der Waals surface area contributed by atoms with E-state index in [1.165, 1.54) is 0 Å². The number of nitriles is 1. The largest absolute Gasteiger partial charge is 0.356 e. The number of aromatic nitrogens is 2. The first-order valence-corrected chi connectivity index (χ1v) is 5.55. The molecule has 1 aromatic rings. The van der Waals surface area contributed by atoms with Crippen molar-refractivity contribution >= 4 is 5.82 Å². The zero-order valence-corrected chi connectivity index (χ0v) is 8.93. The molecule has 0 saturated carbocycles. The van der Waals surface area contributed by atoms with Crippen molar-refractivity contribution in [3.8, 4) is 6.07 Å². The second kappa shape index (κ2) is 3.72. The molecule has 1 N–H and O–H groups in total. The van der Waals surface area contributed by atoms with Crippen LogP contribution in [0.3, 0.4) is 0 Å². The average Bonchev–Trinajstić information content (AvgIpc) is 2.89. The molecule has 0 amide bonds. The molecule has 0 bridgehead atoms. The predicted molar refractivity (Wildman–Crippen MR) is 58.8 cm³/mol. The zero-order chi connectivity index (χ0) is 11.0. The molecule has 2 atom stereocenters. The number of anilines is 1. The predicted octanol–water partition coefficient (Wildman–Crippen LogP) is 0.00388. The fourth-order valence-corrected chi connectivity index (χ4v) is 2.62. The molecular weight excluding hydrogens is 202 g/mol. The maximum atomic E-state index is 8.76. The maximum Gasteiger partial charge on any atom is 0.234 e. The molecule has 3 heterocycles. The lowest BCUT2D eigenvalue weighted by Crippen LogP contribution is -2.26. The van der Waals surface area contributed by atoms with E-state index in [-0.39, 0.29) is 5.82 Å². The van der Waals surface area contributed by atoms with Crippen LogP contribution in [-0.2, 0) is 0 Å². The van der Waals surface area contributed by atoms with Crippen LogP contribution in [0.1, 0.15) is 5.82 Å². The Bertz CT molecular complexity index is 426. The van der Waals surface area contributed by atoms with E-state index in [1.54, 1.807) is 6.20 Å². The minimum Gasteiger partial charge on any atom is -0.356 e. The number of rotatable bonds is 1. The Hall–Kier alpha value is -1.67. The van der Waals surface area contributed by atoms with Gasteiger partial charge in [0.05, 0.1) is 0 Å². The summed E-state index contributed by atoms with van der Waals surface area (Å²) in [4.78, 5) is 10.4. The summed E-state index contributed by atoms with van der Waals surface area (Å²) in [5, 5.41) is 12.2. The topological polar surface area (TPSA) is 64.8 Å². The van der Waals surface area contributed by atoms with E-state index in [0.29, 0.717) is 0 Å². The highest BCUT2D eigenvalue weighted by Crippen LogP contribution is 2.29. The van der Waals surface area contributed by atoms with Gasteiger partial charge in [0.15, 0.2) is 0 Å². The Labute approximate surface area is 94.1 Å². The smallest absolute Gasteiger partial charge is 0.234 e. The summed E-state index contributed by atoms with van der Waals surface area (Å²) in [6.07, 6.45) is 1.66. The second-order valence-electron chi connectivity index (χ2n) is 4.43. The van der Waals surface area contributed by atoms with E-state index in [0.717, 1.165) is 43.8 Å². The molecular formula is C11H13N5. The fraction of sp³-hybridized carbons (Fsp3) is 0.545. The van der Waals surface area contributed by atoms with Crippen molar-refractivity contribution in [3.63, 3.8) is 0 Å². The van der Waals surface area contributed by atoms with Gasteiger partial charge in [0.2, 0.25) is 5.82 Å². The molecule has 82 valence electrons. The van der Waals surface area contributed by atoms with Crippen LogP contribution in [0.2, 0.25) is 0 Å². The normalized spacial score (nSPS) is 27.8. The summed E-state index contributed by atoms with van der Waals surface area (Å²) < 4.78 is 0. The molecule has 5 nitrogen and oxygen atoms in total. The minimum absolute atomic E-state index is 0.257. The van der Waals surface area contributed by atoms with Gasteiger partial charge >= 0.3 is 0 Å². The summed E-state index contributed by atoms with van der Waals surface area (Å²) in [6.45, 7) is 4.30. The van der Waals surface area contributed by atoms with Crippen molar-refractivity contribution in [2.45, 2.75) is 0 Å². The molecule has 5 heteroatoms. The van der Waals surface area contributed by atoms with Gasteiger partial charge in [-0.15, -0.1) is 0 Å². The van der Waals surface area contributed by atoms with Crippen molar-refractivity contribution in [1.82, 2.24) is 15.3 Å². The third-order valence-corrected chi connectivity index (χ3v) is 3.45. The van der Waals surface area contributed by atoms with E-state index in [9.17, 15) is 0 Å². The van der Waals surface area contributed by atoms with Gasteiger partial charge < -0.3 is 10.2 Å². The first-order chi connectivity index (χ1) is 7.86. The molecule has 16 heavy (non-hydrogen) atoms. The van der Waals surface area contributed by atoms with Crippen LogP contribution in [0.5, 0.6) is 0 Å². The minimum atomic E-state index is 0.257. The number of hydrogen-bond donors (Lipinski definition) is 1. The summed E-state index contributed by atoms with van der Waals surface area (Å²) in [5.41, 5.74) is 0. The first-order valence-electron chi connectivity index (χ1n) is 5.55. The van der Waals surface area contributed by atoms with Gasteiger partial charge in [-0.2, -0.15) is 5.26 Å². The summed E-state index contributed by atoms with van der Waals surface area (Å²) in [5.74, 6) is 2.62. The molecule has 3 rings (SSSR count). The Kier molecular flexibility index (Phi) is 2.22. The van der Waals surface area contributed by atoms with Crippen molar-refractivity contribution in [1.29, 1.82) is 5.26 Å². The van der Waals surface area contributed by atoms with Gasteiger partial charge in [-0.1, -0.05) is 0 Å². The van der Waals surface area contributed by atoms with Crippen molar-refractivity contribution in [2.24, 2.45) is 11.8 Å². The van der Waals surface area contributed by atoms with E-state index in [1.807, 2.05) is 12.1 Å². The third kappa shape index (κ3) is 1.51. The molecule has 2 aliphatic heterocycles. The average molecular weight is 215 g/mol. The molecule has 0 aromatic carbocycles. The highest BCUT2D eigenvalue weighted by molar-refractivity contribution is 5.41. The molecule has 0 aliphatic carbocycles. The Morgan fingerprint density at radius 3 is 2.81 bits per heavy atom. The van der Waals surface area contributed by atoms with Crippen LogP contribution in [0.15, 0.2) is 12.3 Å². The number of nitrogens with one attached hydrogen (secondary N) is 1. The quantitative estimate of drug-likeness (QED) is 0.714. The van der Waals surface area contributed by atoms with E-state index < -0.39 is 0 Å². The zero-order valence-electron chi connectivity index (χ0n) is 8.93. The Morgan fingerprint density at radius 2 is 2.12 bits per heavy atom. The summed E-state index contributed by atoms with van der Waals surface area (Å²) >= 11 is 0. The van der Waals surface area contributed by atoms with Crippen LogP contribution in [-0.4, -0.2) is 36.1 Å². The lowest BCUT2D eigenvalue weighted by molar-refractivity contribution is 0.533. The number of nitrogens with zero attached hydrogens (tertiary/aromatic N) is 4. The van der Waals surface area contributed by atoms with Crippen LogP contribution in [0.25, 0.3) is 0 Å². The number of fused-ring (bicyclic) bond motifs is 1. The molecule has 0 radical (unpaired) electrons. The monoisotopic (exact) mass is 215 g/mol. The van der Waals surface area contributed by atoms with Crippen molar-refractivity contribution in [2.75, 3.05) is 31.1 Å². The maximum absolute atomic E-state index is 8.76. The molecule has 2 saturated heterocycles. The lowest BCUT2D eigenvalue weighted by atomic mass is 10.0. The second-order valence-corrected chi connectivity index (χ2v) is 4.43. The molecule has 2 fully saturated rings. The third-order valence-electron chi connectivity index (χ3n) is 3.45. The van der Waals surface area contributed by atoms with Crippen LogP contribution < -0.4 is 10.2 Å². The van der Waals surface area contributed by atoms with Gasteiger partial charge in [-0.05, 0) is 17.9 Å². The first kappa shape index (κ1) is 9.55. The standard InChI is InChI=1S/C11H13N5/c12-3-10-14-2-1-11(15-10)16-6-8-4-13-5-9(8)7-16/h1-2,8-9,13H,4-7H2/t8-,9?/m1/s1. The SMILES string of the molecule is N#Cc1nccc(N2CC3CNC[C@@H]3C2)n1. The van der Waals surface area contributed by atoms with Gasteiger partial charge in [-0.25, -0.2) is 9.97 Å². The molecule has 0 spiro atoms. The molecule has 2 aliphatic rings. The van der Waals surface area contributed by atoms with Crippen LogP contribution in [0.4, 0.5) is 5.82 Å². The van der Waals surface area contributed by atoms with Gasteiger partial charge in [0.1, 0.15) is 11.9 Å². The van der Waals surface area contributed by atoms with Gasteiger partial charge in [-0.3, -0.25) is 0 Å². The van der Waals surface area contributed by atoms with Gasteiger partial charge in [0, 0.05) is 32.4 Å². The lowest BCUT2D eigenvalue weighted by Gasteiger charge is -2.17. The summed E-state index contributed by atoms with van der Waals surface area (Å²) in [7, 11) is 0. The van der Waals surface area contributed by atoms with E-state index in [2.05, 4.69) is 20.2 Å². The Balaban J connectivity index is 1.81.